The van der Waals surface area contributed by atoms with Crippen molar-refractivity contribution in [2.24, 2.45) is 4.99 Å². The van der Waals surface area contributed by atoms with Gasteiger partial charge in [0.2, 0.25) is 0 Å². The molecule has 0 aliphatic carbocycles. The first-order valence-electron chi connectivity index (χ1n) is 10.8. The molecule has 0 unspecified atom stereocenters. The van der Waals surface area contributed by atoms with Gasteiger partial charge < -0.3 is 20.1 Å². The fourth-order valence-electron chi connectivity index (χ4n) is 3.53. The van der Waals surface area contributed by atoms with Gasteiger partial charge in [0.25, 0.3) is 0 Å². The summed E-state index contributed by atoms with van der Waals surface area (Å²) in [6.45, 7) is 8.98. The summed E-state index contributed by atoms with van der Waals surface area (Å²) in [5.74, 6) is 1.74. The maximum absolute atomic E-state index is 5.47. The topological polar surface area (TPSA) is 58.1 Å². The lowest BCUT2D eigenvalue weighted by atomic mass is 10.1. The predicted molar refractivity (Wildman–Crippen MR) is 137 cm³/mol. The Morgan fingerprint density at radius 3 is 2.58 bits per heavy atom. The molecular formula is C24H35IN4O2. The fourth-order valence-corrected chi connectivity index (χ4v) is 3.53. The molecule has 2 aromatic rings. The van der Waals surface area contributed by atoms with Crippen LogP contribution in [-0.2, 0) is 24.2 Å². The standard InChI is InChI=1S/C24H34N4O2.HI/c1-3-25-24(26-12-11-20-7-6-10-23(17-20)29-2)27-18-21-8-4-5-9-22(21)19-28-13-15-30-16-14-28;/h4-10,17H,3,11-16,18-19H2,1-2H3,(H2,25,26,27);1H. The van der Waals surface area contributed by atoms with Crippen LogP contribution in [0.2, 0.25) is 0 Å². The van der Waals surface area contributed by atoms with E-state index in [9.17, 15) is 0 Å². The molecule has 1 fully saturated rings. The summed E-state index contributed by atoms with van der Waals surface area (Å²) in [7, 11) is 1.70. The largest absolute Gasteiger partial charge is 0.497 e. The van der Waals surface area contributed by atoms with Crippen LogP contribution in [-0.4, -0.2) is 57.4 Å². The number of morpholine rings is 1. The quantitative estimate of drug-likeness (QED) is 0.291. The number of hydrogen-bond donors (Lipinski definition) is 2. The molecule has 0 radical (unpaired) electrons. The van der Waals surface area contributed by atoms with Crippen molar-refractivity contribution in [2.45, 2.75) is 26.4 Å². The van der Waals surface area contributed by atoms with Gasteiger partial charge in [0.15, 0.2) is 5.96 Å². The molecular weight excluding hydrogens is 503 g/mol. The van der Waals surface area contributed by atoms with E-state index in [4.69, 9.17) is 14.5 Å². The molecule has 31 heavy (non-hydrogen) atoms. The molecule has 170 valence electrons. The zero-order valence-corrected chi connectivity index (χ0v) is 20.9. The Morgan fingerprint density at radius 1 is 1.06 bits per heavy atom. The first-order chi connectivity index (χ1) is 14.8. The maximum Gasteiger partial charge on any atom is 0.191 e. The van der Waals surface area contributed by atoms with Gasteiger partial charge in [-0.2, -0.15) is 0 Å². The van der Waals surface area contributed by atoms with Crippen LogP contribution < -0.4 is 15.4 Å². The molecule has 2 N–H and O–H groups in total. The Bertz CT molecular complexity index is 810. The highest BCUT2D eigenvalue weighted by Crippen LogP contribution is 2.14. The Kier molecular flexibility index (Phi) is 11.7. The normalized spacial score (nSPS) is 14.6. The van der Waals surface area contributed by atoms with Gasteiger partial charge in [-0.1, -0.05) is 36.4 Å². The molecule has 0 saturated carbocycles. The van der Waals surface area contributed by atoms with Crippen LogP contribution in [0.15, 0.2) is 53.5 Å². The number of aliphatic imine (C=N–C) groups is 1. The van der Waals surface area contributed by atoms with Crippen molar-refractivity contribution in [3.63, 3.8) is 0 Å². The summed E-state index contributed by atoms with van der Waals surface area (Å²) in [5.41, 5.74) is 3.86. The molecule has 1 aliphatic heterocycles. The van der Waals surface area contributed by atoms with Crippen molar-refractivity contribution in [1.82, 2.24) is 15.5 Å². The Balaban J connectivity index is 0.00000341. The number of nitrogens with zero attached hydrogens (tertiary/aromatic N) is 2. The third kappa shape index (κ3) is 8.66. The van der Waals surface area contributed by atoms with Gasteiger partial charge >= 0.3 is 0 Å². The number of nitrogens with one attached hydrogen (secondary N) is 2. The first-order valence-corrected chi connectivity index (χ1v) is 10.8. The monoisotopic (exact) mass is 538 g/mol. The molecule has 0 spiro atoms. The van der Waals surface area contributed by atoms with Gasteiger partial charge in [-0.3, -0.25) is 4.90 Å². The van der Waals surface area contributed by atoms with Crippen LogP contribution in [0.25, 0.3) is 0 Å². The third-order valence-electron chi connectivity index (χ3n) is 5.21. The van der Waals surface area contributed by atoms with Gasteiger partial charge in [-0.05, 0) is 42.2 Å². The number of guanidine groups is 1. The van der Waals surface area contributed by atoms with Crippen LogP contribution in [0, 0.1) is 0 Å². The average molecular weight is 538 g/mol. The van der Waals surface area contributed by atoms with E-state index in [1.807, 2.05) is 12.1 Å². The van der Waals surface area contributed by atoms with Gasteiger partial charge in [-0.25, -0.2) is 4.99 Å². The summed E-state index contributed by atoms with van der Waals surface area (Å²) < 4.78 is 10.8. The third-order valence-corrected chi connectivity index (χ3v) is 5.21. The van der Waals surface area contributed by atoms with Crippen molar-refractivity contribution >= 4 is 29.9 Å². The molecule has 3 rings (SSSR count). The van der Waals surface area contributed by atoms with E-state index >= 15 is 0 Å². The lowest BCUT2D eigenvalue weighted by molar-refractivity contribution is 0.0341. The second kappa shape index (κ2) is 14.3. The van der Waals surface area contributed by atoms with E-state index in [-0.39, 0.29) is 24.0 Å². The minimum absolute atomic E-state index is 0. The molecule has 0 aromatic heterocycles. The van der Waals surface area contributed by atoms with Crippen molar-refractivity contribution in [1.29, 1.82) is 0 Å². The highest BCUT2D eigenvalue weighted by molar-refractivity contribution is 14.0. The van der Waals surface area contributed by atoms with E-state index in [1.165, 1.54) is 16.7 Å². The van der Waals surface area contributed by atoms with Crippen LogP contribution in [0.5, 0.6) is 5.75 Å². The van der Waals surface area contributed by atoms with Crippen LogP contribution >= 0.6 is 24.0 Å². The summed E-state index contributed by atoms with van der Waals surface area (Å²) >= 11 is 0. The minimum Gasteiger partial charge on any atom is -0.497 e. The van der Waals surface area contributed by atoms with Gasteiger partial charge in [0.1, 0.15) is 5.75 Å². The first kappa shape index (κ1) is 25.4. The van der Waals surface area contributed by atoms with E-state index in [1.54, 1.807) is 7.11 Å². The zero-order chi connectivity index (χ0) is 21.0. The highest BCUT2D eigenvalue weighted by atomic mass is 127. The van der Waals surface area contributed by atoms with Crippen molar-refractivity contribution in [2.75, 3.05) is 46.5 Å². The van der Waals surface area contributed by atoms with Crippen molar-refractivity contribution in [3.8, 4) is 5.75 Å². The molecule has 1 saturated heterocycles. The van der Waals surface area contributed by atoms with Crippen LogP contribution in [0.1, 0.15) is 23.6 Å². The number of ether oxygens (including phenoxy) is 2. The van der Waals surface area contributed by atoms with E-state index in [2.05, 4.69) is 58.9 Å². The number of methoxy groups -OCH3 is 1. The highest BCUT2D eigenvalue weighted by Gasteiger charge is 2.12. The Labute approximate surface area is 203 Å². The van der Waals surface area contributed by atoms with E-state index < -0.39 is 0 Å². The summed E-state index contributed by atoms with van der Waals surface area (Å²) in [5, 5.41) is 6.80. The van der Waals surface area contributed by atoms with E-state index in [0.29, 0.717) is 6.54 Å². The van der Waals surface area contributed by atoms with E-state index in [0.717, 1.165) is 64.1 Å². The Hall–Kier alpha value is -1.84. The second-order valence-corrected chi connectivity index (χ2v) is 7.38. The lowest BCUT2D eigenvalue weighted by Crippen LogP contribution is -2.38. The van der Waals surface area contributed by atoms with Gasteiger partial charge in [0, 0.05) is 32.7 Å². The number of benzene rings is 2. The molecule has 0 bridgehead atoms. The second-order valence-electron chi connectivity index (χ2n) is 7.38. The average Bonchev–Trinajstić information content (AvgIpc) is 2.79. The predicted octanol–water partition coefficient (Wildman–Crippen LogP) is 3.44. The van der Waals surface area contributed by atoms with Crippen molar-refractivity contribution < 1.29 is 9.47 Å². The fraction of sp³-hybridized carbons (Fsp3) is 0.458. The molecule has 0 atom stereocenters. The van der Waals surface area contributed by atoms with Crippen LogP contribution in [0.3, 0.4) is 0 Å². The molecule has 1 heterocycles. The zero-order valence-electron chi connectivity index (χ0n) is 18.6. The SMILES string of the molecule is CCNC(=NCc1ccccc1CN1CCOCC1)NCCc1cccc(OC)c1.I. The summed E-state index contributed by atoms with van der Waals surface area (Å²) in [6.07, 6.45) is 0.912. The lowest BCUT2D eigenvalue weighted by Gasteiger charge is -2.27. The molecule has 2 aromatic carbocycles. The minimum atomic E-state index is 0. The number of rotatable bonds is 9. The Morgan fingerprint density at radius 2 is 1.84 bits per heavy atom. The van der Waals surface area contributed by atoms with Crippen molar-refractivity contribution in [3.05, 3.63) is 65.2 Å². The van der Waals surface area contributed by atoms with Gasteiger partial charge in [-0.15, -0.1) is 24.0 Å². The molecule has 0 amide bonds. The summed E-state index contributed by atoms with van der Waals surface area (Å²) in [6, 6.07) is 16.8. The smallest absolute Gasteiger partial charge is 0.191 e. The number of halogens is 1. The number of hydrogen-bond acceptors (Lipinski definition) is 4. The summed E-state index contributed by atoms with van der Waals surface area (Å²) in [4.78, 5) is 7.28. The molecule has 7 heteroatoms. The maximum atomic E-state index is 5.47. The molecule has 6 nitrogen and oxygen atoms in total. The van der Waals surface area contributed by atoms with Crippen LogP contribution in [0.4, 0.5) is 0 Å². The molecule has 1 aliphatic rings. The van der Waals surface area contributed by atoms with Gasteiger partial charge in [0.05, 0.1) is 26.9 Å².